The maximum absolute atomic E-state index is 13.1. The number of nitrogens with one attached hydrogen (secondary N) is 1. The minimum Gasteiger partial charge on any atom is -0.486 e. The molecule has 2 aromatic carbocycles. The molecular formula is C21H19BrClN3O3. The predicted molar refractivity (Wildman–Crippen MR) is 116 cm³/mol. The number of hydrogen-bond acceptors (Lipinski definition) is 4. The van der Waals surface area contributed by atoms with Gasteiger partial charge in [-0.1, -0.05) is 31.5 Å². The van der Waals surface area contributed by atoms with Crippen LogP contribution in [-0.4, -0.2) is 28.9 Å². The quantitative estimate of drug-likeness (QED) is 0.545. The zero-order valence-electron chi connectivity index (χ0n) is 15.9. The van der Waals surface area contributed by atoms with Crippen molar-refractivity contribution >= 4 is 39.1 Å². The van der Waals surface area contributed by atoms with E-state index in [2.05, 4.69) is 26.3 Å². The molecule has 4 rings (SSSR count). The predicted octanol–water partition coefficient (Wildman–Crippen LogP) is 5.44. The Balaban J connectivity index is 1.68. The van der Waals surface area contributed by atoms with Crippen LogP contribution < -0.4 is 14.8 Å². The van der Waals surface area contributed by atoms with E-state index in [9.17, 15) is 4.79 Å². The Kier molecular flexibility index (Phi) is 5.52. The first kappa shape index (κ1) is 19.8. The van der Waals surface area contributed by atoms with Crippen molar-refractivity contribution in [3.63, 3.8) is 0 Å². The lowest BCUT2D eigenvalue weighted by molar-refractivity contribution is 0.102. The van der Waals surface area contributed by atoms with Crippen molar-refractivity contribution in [3.05, 3.63) is 63.3 Å². The van der Waals surface area contributed by atoms with Gasteiger partial charge in [0.15, 0.2) is 11.5 Å². The van der Waals surface area contributed by atoms with Gasteiger partial charge >= 0.3 is 0 Å². The minimum atomic E-state index is -0.251. The van der Waals surface area contributed by atoms with Crippen molar-refractivity contribution in [3.8, 4) is 17.2 Å². The molecule has 6 nitrogen and oxygen atoms in total. The number of fused-ring (bicyclic) bond motifs is 1. The van der Waals surface area contributed by atoms with Crippen LogP contribution in [0.5, 0.6) is 11.5 Å². The molecule has 0 bridgehead atoms. The topological polar surface area (TPSA) is 65.4 Å². The number of halogens is 2. The second kappa shape index (κ2) is 8.08. The molecule has 1 aliphatic heterocycles. The van der Waals surface area contributed by atoms with E-state index in [1.807, 2.05) is 32.0 Å². The Morgan fingerprint density at radius 2 is 1.93 bits per heavy atom. The first-order valence-corrected chi connectivity index (χ1v) is 10.4. The number of anilines is 1. The summed E-state index contributed by atoms with van der Waals surface area (Å²) in [5.41, 5.74) is 2.71. The Labute approximate surface area is 181 Å². The Bertz CT molecular complexity index is 1080. The van der Waals surface area contributed by atoms with Gasteiger partial charge in [-0.05, 0) is 40.0 Å². The van der Waals surface area contributed by atoms with Crippen molar-refractivity contribution in [2.75, 3.05) is 18.5 Å². The van der Waals surface area contributed by atoms with E-state index in [-0.39, 0.29) is 11.8 Å². The van der Waals surface area contributed by atoms with Gasteiger partial charge in [-0.25, -0.2) is 4.68 Å². The third-order valence-electron chi connectivity index (χ3n) is 4.53. The molecule has 29 heavy (non-hydrogen) atoms. The van der Waals surface area contributed by atoms with Crippen LogP contribution in [-0.2, 0) is 0 Å². The summed E-state index contributed by atoms with van der Waals surface area (Å²) in [5.74, 6) is 1.08. The summed E-state index contributed by atoms with van der Waals surface area (Å²) in [5, 5.41) is 8.00. The average Bonchev–Trinajstić information content (AvgIpc) is 3.14. The highest BCUT2D eigenvalue weighted by Gasteiger charge is 2.23. The van der Waals surface area contributed by atoms with Crippen LogP contribution in [0.3, 0.4) is 0 Å². The fraction of sp³-hybridized carbons (Fsp3) is 0.238. The lowest BCUT2D eigenvalue weighted by Gasteiger charge is -2.20. The van der Waals surface area contributed by atoms with Crippen LogP contribution >= 0.6 is 27.5 Å². The summed E-state index contributed by atoms with van der Waals surface area (Å²) in [6.07, 6.45) is 1.58. The lowest BCUT2D eigenvalue weighted by atomic mass is 10.0. The first-order valence-electron chi connectivity index (χ1n) is 9.18. The van der Waals surface area contributed by atoms with Crippen LogP contribution in [0.4, 0.5) is 5.69 Å². The molecule has 0 fully saturated rings. The van der Waals surface area contributed by atoms with E-state index < -0.39 is 0 Å². The van der Waals surface area contributed by atoms with Crippen LogP contribution in [0, 0.1) is 0 Å². The van der Waals surface area contributed by atoms with Gasteiger partial charge in [0, 0.05) is 21.6 Å². The Morgan fingerprint density at radius 1 is 1.21 bits per heavy atom. The van der Waals surface area contributed by atoms with Crippen LogP contribution in [0.1, 0.15) is 35.8 Å². The molecule has 0 saturated carbocycles. The van der Waals surface area contributed by atoms with Crippen molar-refractivity contribution < 1.29 is 14.3 Å². The molecule has 0 saturated heterocycles. The van der Waals surface area contributed by atoms with Crippen molar-refractivity contribution in [1.29, 1.82) is 0 Å². The molecule has 0 aliphatic carbocycles. The Hall–Kier alpha value is -2.51. The molecule has 0 atom stereocenters. The number of nitrogens with zero attached hydrogens (tertiary/aromatic N) is 2. The number of hydrogen-bond donors (Lipinski definition) is 1. The minimum absolute atomic E-state index is 0.0703. The van der Waals surface area contributed by atoms with Crippen molar-refractivity contribution in [2.45, 2.75) is 19.8 Å². The van der Waals surface area contributed by atoms with Gasteiger partial charge < -0.3 is 14.8 Å². The highest BCUT2D eigenvalue weighted by atomic mass is 79.9. The fourth-order valence-corrected chi connectivity index (χ4v) is 3.86. The molecule has 150 valence electrons. The van der Waals surface area contributed by atoms with Gasteiger partial charge in [0.2, 0.25) is 0 Å². The molecule has 1 N–H and O–H groups in total. The van der Waals surface area contributed by atoms with Crippen molar-refractivity contribution in [1.82, 2.24) is 9.78 Å². The molecule has 0 spiro atoms. The normalized spacial score (nSPS) is 12.9. The molecular weight excluding hydrogens is 458 g/mol. The lowest BCUT2D eigenvalue weighted by Crippen LogP contribution is -2.18. The highest BCUT2D eigenvalue weighted by Crippen LogP contribution is 2.38. The number of amides is 1. The molecule has 0 radical (unpaired) electrons. The standard InChI is InChI=1S/C21H19BrClN3O3/c1-12(2)20-15(11-24-26(20)14-5-3-4-13(23)8-14)21(27)25-17-10-19-18(9-16(17)22)28-6-7-29-19/h3-5,8-12H,6-7H2,1-2H3,(H,25,27). The van der Waals surface area contributed by atoms with Gasteiger partial charge in [0.25, 0.3) is 5.91 Å². The number of aromatic nitrogens is 2. The summed E-state index contributed by atoms with van der Waals surface area (Å²) < 4.78 is 13.7. The molecule has 1 aromatic heterocycles. The summed E-state index contributed by atoms with van der Waals surface area (Å²) >= 11 is 9.62. The fourth-order valence-electron chi connectivity index (χ4n) is 3.25. The number of carbonyl (C=O) groups is 1. The summed E-state index contributed by atoms with van der Waals surface area (Å²) in [6, 6.07) is 10.9. The summed E-state index contributed by atoms with van der Waals surface area (Å²) in [7, 11) is 0. The number of carbonyl (C=O) groups excluding carboxylic acids is 1. The average molecular weight is 477 g/mol. The van der Waals surface area contributed by atoms with Gasteiger partial charge in [-0.15, -0.1) is 0 Å². The smallest absolute Gasteiger partial charge is 0.259 e. The molecule has 1 amide bonds. The maximum atomic E-state index is 13.1. The van der Waals surface area contributed by atoms with Crippen LogP contribution in [0.15, 0.2) is 47.1 Å². The molecule has 1 aliphatic rings. The third-order valence-corrected chi connectivity index (χ3v) is 5.42. The van der Waals surface area contributed by atoms with E-state index in [4.69, 9.17) is 21.1 Å². The van der Waals surface area contributed by atoms with Gasteiger partial charge in [-0.3, -0.25) is 4.79 Å². The van der Waals surface area contributed by atoms with E-state index >= 15 is 0 Å². The van der Waals surface area contributed by atoms with Gasteiger partial charge in [-0.2, -0.15) is 5.10 Å². The second-order valence-corrected chi connectivity index (χ2v) is 8.21. The Morgan fingerprint density at radius 3 is 2.62 bits per heavy atom. The molecule has 0 unspecified atom stereocenters. The molecule has 3 aromatic rings. The van der Waals surface area contributed by atoms with Crippen LogP contribution in [0.25, 0.3) is 5.69 Å². The zero-order valence-corrected chi connectivity index (χ0v) is 18.3. The molecule has 8 heteroatoms. The summed E-state index contributed by atoms with van der Waals surface area (Å²) in [4.78, 5) is 13.1. The van der Waals surface area contributed by atoms with Gasteiger partial charge in [0.1, 0.15) is 13.2 Å². The van der Waals surface area contributed by atoms with Crippen molar-refractivity contribution in [2.24, 2.45) is 0 Å². The largest absolute Gasteiger partial charge is 0.486 e. The number of benzene rings is 2. The highest BCUT2D eigenvalue weighted by molar-refractivity contribution is 9.10. The van der Waals surface area contributed by atoms with E-state index in [1.54, 1.807) is 29.1 Å². The molecule has 2 heterocycles. The second-order valence-electron chi connectivity index (χ2n) is 6.92. The van der Waals surface area contributed by atoms with E-state index in [0.717, 1.165) is 11.4 Å². The number of ether oxygens (including phenoxy) is 2. The monoisotopic (exact) mass is 475 g/mol. The maximum Gasteiger partial charge on any atom is 0.259 e. The number of rotatable bonds is 4. The zero-order chi connectivity index (χ0) is 20.5. The first-order chi connectivity index (χ1) is 13.9. The summed E-state index contributed by atoms with van der Waals surface area (Å²) in [6.45, 7) is 5.03. The van der Waals surface area contributed by atoms with Crippen LogP contribution in [0.2, 0.25) is 5.02 Å². The SMILES string of the molecule is CC(C)c1c(C(=O)Nc2cc3c(cc2Br)OCCO3)cnn1-c1cccc(Cl)c1. The van der Waals surface area contributed by atoms with E-state index in [1.165, 1.54) is 0 Å². The third kappa shape index (κ3) is 3.97. The van der Waals surface area contributed by atoms with Gasteiger partial charge in [0.05, 0.1) is 28.8 Å². The van der Waals surface area contributed by atoms with E-state index in [0.29, 0.717) is 45.5 Å².